The van der Waals surface area contributed by atoms with Crippen LogP contribution >= 0.6 is 23.2 Å². The van der Waals surface area contributed by atoms with E-state index in [1.807, 2.05) is 20.8 Å². The van der Waals surface area contributed by atoms with Crippen LogP contribution in [0, 0.1) is 20.8 Å². The predicted molar refractivity (Wildman–Crippen MR) is 89.6 cm³/mol. The van der Waals surface area contributed by atoms with E-state index in [-0.39, 0.29) is 5.78 Å². The summed E-state index contributed by atoms with van der Waals surface area (Å²) < 4.78 is 0. The van der Waals surface area contributed by atoms with E-state index in [4.69, 9.17) is 28.9 Å². The minimum atomic E-state index is -0.0196. The Kier molecular flexibility index (Phi) is 4.60. The van der Waals surface area contributed by atoms with Crippen LogP contribution in [0.1, 0.15) is 32.6 Å². The van der Waals surface area contributed by atoms with Crippen molar-refractivity contribution in [1.29, 1.82) is 0 Å². The zero-order valence-electron chi connectivity index (χ0n) is 12.3. The second kappa shape index (κ2) is 6.08. The van der Waals surface area contributed by atoms with E-state index in [0.29, 0.717) is 27.7 Å². The first kappa shape index (κ1) is 15.9. The van der Waals surface area contributed by atoms with Crippen molar-refractivity contribution < 1.29 is 4.79 Å². The largest absolute Gasteiger partial charge is 0.396 e. The van der Waals surface area contributed by atoms with Gasteiger partial charge in [-0.05, 0) is 49.6 Å². The monoisotopic (exact) mass is 321 g/mol. The van der Waals surface area contributed by atoms with Crippen LogP contribution in [-0.4, -0.2) is 5.78 Å². The second-order valence-corrected chi connectivity index (χ2v) is 6.15. The summed E-state index contributed by atoms with van der Waals surface area (Å²) in [5.41, 5.74) is 11.0. The predicted octanol–water partition coefficient (Wildman–Crippen LogP) is 4.93. The molecule has 0 heterocycles. The van der Waals surface area contributed by atoms with Gasteiger partial charge in [-0.15, -0.1) is 0 Å². The number of rotatable bonds is 3. The molecule has 0 aliphatic carbocycles. The van der Waals surface area contributed by atoms with Gasteiger partial charge in [0.2, 0.25) is 0 Å². The van der Waals surface area contributed by atoms with Gasteiger partial charge in [0.05, 0.1) is 15.7 Å². The molecule has 0 unspecified atom stereocenters. The minimum Gasteiger partial charge on any atom is -0.396 e. The lowest BCUT2D eigenvalue weighted by molar-refractivity contribution is 0.0992. The first-order chi connectivity index (χ1) is 9.79. The molecular formula is C17H17Cl2NO. The number of halogens is 2. The molecule has 0 saturated carbocycles. The lowest BCUT2D eigenvalue weighted by atomic mass is 9.94. The summed E-state index contributed by atoms with van der Waals surface area (Å²) in [6, 6.07) is 7.31. The van der Waals surface area contributed by atoms with Crippen molar-refractivity contribution in [2.75, 3.05) is 5.73 Å². The van der Waals surface area contributed by atoms with Crippen molar-refractivity contribution in [2.24, 2.45) is 0 Å². The number of anilines is 1. The lowest BCUT2D eigenvalue weighted by Gasteiger charge is -2.11. The Hall–Kier alpha value is -1.51. The third kappa shape index (κ3) is 3.39. The number of hydrogen-bond donors (Lipinski definition) is 1. The fourth-order valence-electron chi connectivity index (χ4n) is 2.50. The third-order valence-corrected chi connectivity index (χ3v) is 4.20. The molecule has 0 amide bonds. The van der Waals surface area contributed by atoms with E-state index in [0.717, 1.165) is 16.7 Å². The van der Waals surface area contributed by atoms with E-state index >= 15 is 0 Å². The molecular weight excluding hydrogens is 305 g/mol. The highest BCUT2D eigenvalue weighted by atomic mass is 35.5. The van der Waals surface area contributed by atoms with Crippen LogP contribution in [0.3, 0.4) is 0 Å². The Morgan fingerprint density at radius 1 is 1.00 bits per heavy atom. The Labute approximate surface area is 134 Å². The standard InChI is InChI=1S/C17H17Cl2NO/c1-9-4-10(2)13(11(3)5-9)8-16(21)12-6-14(18)17(20)15(19)7-12/h4-7H,8,20H2,1-3H3. The molecule has 0 aliphatic rings. The summed E-state index contributed by atoms with van der Waals surface area (Å²) in [5, 5.41) is 0.617. The highest BCUT2D eigenvalue weighted by Crippen LogP contribution is 2.29. The average molecular weight is 322 g/mol. The third-order valence-electron chi connectivity index (χ3n) is 3.58. The smallest absolute Gasteiger partial charge is 0.167 e. The van der Waals surface area contributed by atoms with Crippen LogP contribution in [0.15, 0.2) is 24.3 Å². The van der Waals surface area contributed by atoms with E-state index < -0.39 is 0 Å². The molecule has 2 rings (SSSR count). The topological polar surface area (TPSA) is 43.1 Å². The van der Waals surface area contributed by atoms with Gasteiger partial charge in [0.25, 0.3) is 0 Å². The number of Topliss-reactive ketones (excluding diaryl/α,β-unsaturated/α-hetero) is 1. The maximum atomic E-state index is 12.5. The summed E-state index contributed by atoms with van der Waals surface area (Å²) in [7, 11) is 0. The first-order valence-electron chi connectivity index (χ1n) is 6.64. The van der Waals surface area contributed by atoms with Gasteiger partial charge in [-0.3, -0.25) is 4.79 Å². The Balaban J connectivity index is 2.35. The molecule has 110 valence electrons. The second-order valence-electron chi connectivity index (χ2n) is 5.33. The van der Waals surface area contributed by atoms with Gasteiger partial charge in [0.15, 0.2) is 5.78 Å². The van der Waals surface area contributed by atoms with Gasteiger partial charge in [-0.25, -0.2) is 0 Å². The molecule has 2 N–H and O–H groups in total. The molecule has 0 saturated heterocycles. The van der Waals surface area contributed by atoms with Crippen LogP contribution in [0.25, 0.3) is 0 Å². The maximum absolute atomic E-state index is 12.5. The molecule has 0 atom stereocenters. The first-order valence-corrected chi connectivity index (χ1v) is 7.39. The van der Waals surface area contributed by atoms with E-state index in [9.17, 15) is 4.79 Å². The number of carbonyl (C=O) groups excluding carboxylic acids is 1. The normalized spacial score (nSPS) is 10.7. The zero-order valence-corrected chi connectivity index (χ0v) is 13.8. The number of hydrogen-bond acceptors (Lipinski definition) is 2. The highest BCUT2D eigenvalue weighted by Gasteiger charge is 2.14. The summed E-state index contributed by atoms with van der Waals surface area (Å²) in [4.78, 5) is 12.5. The van der Waals surface area contributed by atoms with Gasteiger partial charge in [-0.1, -0.05) is 40.9 Å². The van der Waals surface area contributed by atoms with Gasteiger partial charge in [-0.2, -0.15) is 0 Å². The van der Waals surface area contributed by atoms with Crippen LogP contribution in [0.4, 0.5) is 5.69 Å². The van der Waals surface area contributed by atoms with Crippen LogP contribution in [0.2, 0.25) is 10.0 Å². The summed E-state index contributed by atoms with van der Waals surface area (Å²) in [5.74, 6) is -0.0196. The molecule has 0 aromatic heterocycles. The van der Waals surface area contributed by atoms with Crippen LogP contribution in [-0.2, 0) is 6.42 Å². The van der Waals surface area contributed by atoms with Gasteiger partial charge in [0.1, 0.15) is 0 Å². The van der Waals surface area contributed by atoms with Crippen LogP contribution < -0.4 is 5.73 Å². The quantitative estimate of drug-likeness (QED) is 0.643. The van der Waals surface area contributed by atoms with Gasteiger partial charge >= 0.3 is 0 Å². The molecule has 0 spiro atoms. The fraction of sp³-hybridized carbons (Fsp3) is 0.235. The Morgan fingerprint density at radius 3 is 1.95 bits per heavy atom. The molecule has 0 aliphatic heterocycles. The number of nitrogens with two attached hydrogens (primary N) is 1. The Morgan fingerprint density at radius 2 is 1.48 bits per heavy atom. The molecule has 2 nitrogen and oxygen atoms in total. The van der Waals surface area contributed by atoms with Crippen molar-refractivity contribution in [3.05, 3.63) is 62.1 Å². The lowest BCUT2D eigenvalue weighted by Crippen LogP contribution is -2.07. The van der Waals surface area contributed by atoms with Crippen molar-refractivity contribution in [2.45, 2.75) is 27.2 Å². The van der Waals surface area contributed by atoms with Crippen molar-refractivity contribution in [3.63, 3.8) is 0 Å². The summed E-state index contributed by atoms with van der Waals surface area (Å²) in [6.45, 7) is 6.09. The van der Waals surface area contributed by atoms with E-state index in [1.165, 1.54) is 5.56 Å². The number of benzene rings is 2. The van der Waals surface area contributed by atoms with E-state index in [2.05, 4.69) is 12.1 Å². The molecule has 2 aromatic carbocycles. The van der Waals surface area contributed by atoms with Crippen molar-refractivity contribution >= 4 is 34.7 Å². The highest BCUT2D eigenvalue weighted by molar-refractivity contribution is 6.39. The number of nitrogen functional groups attached to an aromatic ring is 1. The summed E-state index contributed by atoms with van der Waals surface area (Å²) in [6.07, 6.45) is 0.328. The number of ketones is 1. The molecule has 0 bridgehead atoms. The Bertz CT molecular complexity index is 677. The van der Waals surface area contributed by atoms with Crippen molar-refractivity contribution in [3.8, 4) is 0 Å². The fourth-order valence-corrected chi connectivity index (χ4v) is 2.98. The van der Waals surface area contributed by atoms with E-state index in [1.54, 1.807) is 12.1 Å². The minimum absolute atomic E-state index is 0.0196. The zero-order chi connectivity index (χ0) is 15.7. The SMILES string of the molecule is Cc1cc(C)c(CC(=O)c2cc(Cl)c(N)c(Cl)c2)c(C)c1. The molecule has 21 heavy (non-hydrogen) atoms. The van der Waals surface area contributed by atoms with Crippen molar-refractivity contribution in [1.82, 2.24) is 0 Å². The van der Waals surface area contributed by atoms with Gasteiger partial charge in [0, 0.05) is 12.0 Å². The molecule has 0 fully saturated rings. The molecule has 4 heteroatoms. The van der Waals surface area contributed by atoms with Gasteiger partial charge < -0.3 is 5.73 Å². The number of aryl methyl sites for hydroxylation is 3. The van der Waals surface area contributed by atoms with Crippen LogP contribution in [0.5, 0.6) is 0 Å². The number of carbonyl (C=O) groups is 1. The summed E-state index contributed by atoms with van der Waals surface area (Å²) >= 11 is 12.0. The maximum Gasteiger partial charge on any atom is 0.167 e. The molecule has 2 aromatic rings. The molecule has 0 radical (unpaired) electrons. The average Bonchev–Trinajstić information content (AvgIpc) is 2.39.